The molecule has 1 fully saturated rings. The molecule has 0 atom stereocenters. The van der Waals surface area contributed by atoms with Crippen LogP contribution in [0.5, 0.6) is 5.75 Å². The van der Waals surface area contributed by atoms with Crippen LogP contribution in [0.3, 0.4) is 0 Å². The van der Waals surface area contributed by atoms with E-state index in [1.54, 1.807) is 6.07 Å². The second kappa shape index (κ2) is 6.14. The van der Waals surface area contributed by atoms with Gasteiger partial charge in [-0.3, -0.25) is 4.90 Å². The molecule has 1 aliphatic heterocycles. The summed E-state index contributed by atoms with van der Waals surface area (Å²) in [7, 11) is 0. The molecule has 0 aliphatic carbocycles. The average Bonchev–Trinajstić information content (AvgIpc) is 2.49. The first kappa shape index (κ1) is 13.9. The number of phenolic OH excluding ortho intramolecular Hbond substituents is 1. The zero-order chi connectivity index (χ0) is 14.7. The van der Waals surface area contributed by atoms with Crippen LogP contribution in [0.4, 0.5) is 10.1 Å². The summed E-state index contributed by atoms with van der Waals surface area (Å²) in [6.45, 7) is 4.65. The number of nitrogens with zero attached hydrogens (tertiary/aromatic N) is 2. The summed E-state index contributed by atoms with van der Waals surface area (Å²) in [5, 5.41) is 9.50. The maximum Gasteiger partial charge on any atom is 0.123 e. The first-order valence-corrected chi connectivity index (χ1v) is 7.21. The van der Waals surface area contributed by atoms with Crippen molar-refractivity contribution in [2.75, 3.05) is 31.1 Å². The predicted molar refractivity (Wildman–Crippen MR) is 82.0 cm³/mol. The van der Waals surface area contributed by atoms with Crippen LogP contribution < -0.4 is 4.90 Å². The van der Waals surface area contributed by atoms with Crippen molar-refractivity contribution in [2.24, 2.45) is 0 Å². The summed E-state index contributed by atoms with van der Waals surface area (Å²) in [6, 6.07) is 14.1. The third-order valence-corrected chi connectivity index (χ3v) is 3.88. The van der Waals surface area contributed by atoms with Gasteiger partial charge in [0.15, 0.2) is 0 Å². The Bertz CT molecular complexity index is 592. The van der Waals surface area contributed by atoms with Crippen molar-refractivity contribution in [3.63, 3.8) is 0 Å². The number of halogens is 1. The van der Waals surface area contributed by atoms with Crippen molar-refractivity contribution in [1.82, 2.24) is 4.90 Å². The average molecular weight is 286 g/mol. The van der Waals surface area contributed by atoms with Crippen molar-refractivity contribution >= 4 is 5.69 Å². The Morgan fingerprint density at radius 1 is 0.952 bits per heavy atom. The first-order valence-electron chi connectivity index (χ1n) is 7.21. The van der Waals surface area contributed by atoms with Crippen LogP contribution in [0.1, 0.15) is 5.56 Å². The Morgan fingerprint density at radius 3 is 2.33 bits per heavy atom. The molecular weight excluding hydrogens is 267 g/mol. The highest BCUT2D eigenvalue weighted by molar-refractivity contribution is 5.46. The number of phenols is 1. The number of anilines is 1. The molecule has 0 bridgehead atoms. The Balaban J connectivity index is 1.56. The molecule has 1 N–H and O–H groups in total. The summed E-state index contributed by atoms with van der Waals surface area (Å²) in [5.74, 6) is 0.124. The molecule has 3 nitrogen and oxygen atoms in total. The van der Waals surface area contributed by atoms with Crippen molar-refractivity contribution in [1.29, 1.82) is 0 Å². The smallest absolute Gasteiger partial charge is 0.123 e. The van der Waals surface area contributed by atoms with Gasteiger partial charge in [0.25, 0.3) is 0 Å². The number of hydrogen-bond acceptors (Lipinski definition) is 3. The summed E-state index contributed by atoms with van der Waals surface area (Å²) in [6.07, 6.45) is 0. The van der Waals surface area contributed by atoms with Crippen LogP contribution in [-0.2, 0) is 6.54 Å². The van der Waals surface area contributed by atoms with Crippen LogP contribution >= 0.6 is 0 Å². The standard InChI is InChI=1S/C17H19FN2O/c18-15-4-6-16(7-5-15)20-10-8-19(9-11-20)13-14-2-1-3-17(21)12-14/h1-7,12,21H,8-11,13H2. The van der Waals surface area contributed by atoms with Gasteiger partial charge < -0.3 is 10.0 Å². The van der Waals surface area contributed by atoms with Crippen molar-refractivity contribution < 1.29 is 9.50 Å². The van der Waals surface area contributed by atoms with E-state index in [0.717, 1.165) is 44.0 Å². The summed E-state index contributed by atoms with van der Waals surface area (Å²) in [5.41, 5.74) is 2.21. The molecule has 2 aromatic rings. The number of benzene rings is 2. The molecule has 21 heavy (non-hydrogen) atoms. The normalized spacial score (nSPS) is 16.1. The molecular formula is C17H19FN2O. The van der Waals surface area contributed by atoms with Crippen LogP contribution in [-0.4, -0.2) is 36.2 Å². The number of hydrogen-bond donors (Lipinski definition) is 1. The van der Waals surface area contributed by atoms with E-state index in [1.165, 1.54) is 12.1 Å². The van der Waals surface area contributed by atoms with E-state index in [-0.39, 0.29) is 5.82 Å². The fourth-order valence-corrected chi connectivity index (χ4v) is 2.73. The number of rotatable bonds is 3. The highest BCUT2D eigenvalue weighted by Crippen LogP contribution is 2.18. The Hall–Kier alpha value is -2.07. The van der Waals surface area contributed by atoms with Crippen molar-refractivity contribution in [3.8, 4) is 5.75 Å². The molecule has 1 heterocycles. The zero-order valence-corrected chi connectivity index (χ0v) is 11.9. The molecule has 0 unspecified atom stereocenters. The van der Waals surface area contributed by atoms with Crippen LogP contribution in [0.15, 0.2) is 48.5 Å². The van der Waals surface area contributed by atoms with Crippen LogP contribution in [0, 0.1) is 5.82 Å². The minimum Gasteiger partial charge on any atom is -0.508 e. The molecule has 0 amide bonds. The van der Waals surface area contributed by atoms with E-state index >= 15 is 0 Å². The third-order valence-electron chi connectivity index (χ3n) is 3.88. The molecule has 0 spiro atoms. The Morgan fingerprint density at radius 2 is 1.67 bits per heavy atom. The maximum atomic E-state index is 12.9. The number of aromatic hydroxyl groups is 1. The lowest BCUT2D eigenvalue weighted by molar-refractivity contribution is 0.249. The SMILES string of the molecule is Oc1cccc(CN2CCN(c3ccc(F)cc3)CC2)c1. The monoisotopic (exact) mass is 286 g/mol. The molecule has 0 radical (unpaired) electrons. The molecule has 110 valence electrons. The topological polar surface area (TPSA) is 26.7 Å². The van der Waals surface area contributed by atoms with Gasteiger partial charge in [-0.2, -0.15) is 0 Å². The molecule has 4 heteroatoms. The van der Waals surface area contributed by atoms with Gasteiger partial charge in [0.2, 0.25) is 0 Å². The third kappa shape index (κ3) is 3.52. The first-order chi connectivity index (χ1) is 10.2. The van der Waals surface area contributed by atoms with Crippen LogP contribution in [0.2, 0.25) is 0 Å². The van der Waals surface area contributed by atoms with E-state index in [0.29, 0.717) is 5.75 Å². The predicted octanol–water partition coefficient (Wildman–Crippen LogP) is 2.85. The minimum absolute atomic E-state index is 0.193. The second-order valence-electron chi connectivity index (χ2n) is 5.41. The summed E-state index contributed by atoms with van der Waals surface area (Å²) in [4.78, 5) is 4.65. The lowest BCUT2D eigenvalue weighted by Gasteiger charge is -2.36. The van der Waals surface area contributed by atoms with Gasteiger partial charge >= 0.3 is 0 Å². The molecule has 0 aromatic heterocycles. The van der Waals surface area contributed by atoms with E-state index in [2.05, 4.69) is 9.80 Å². The highest BCUT2D eigenvalue weighted by atomic mass is 19.1. The Kier molecular flexibility index (Phi) is 4.06. The fourth-order valence-electron chi connectivity index (χ4n) is 2.73. The molecule has 0 saturated carbocycles. The summed E-state index contributed by atoms with van der Waals surface area (Å²) >= 11 is 0. The van der Waals surface area contributed by atoms with Gasteiger partial charge in [0.1, 0.15) is 11.6 Å². The fraction of sp³-hybridized carbons (Fsp3) is 0.294. The van der Waals surface area contributed by atoms with Crippen molar-refractivity contribution in [3.05, 3.63) is 59.9 Å². The highest BCUT2D eigenvalue weighted by Gasteiger charge is 2.17. The molecule has 2 aromatic carbocycles. The van der Waals surface area contributed by atoms with Gasteiger partial charge in [0, 0.05) is 38.4 Å². The molecule has 1 aliphatic rings. The second-order valence-corrected chi connectivity index (χ2v) is 5.41. The van der Waals surface area contributed by atoms with Gasteiger partial charge in [-0.1, -0.05) is 12.1 Å². The van der Waals surface area contributed by atoms with Gasteiger partial charge in [-0.15, -0.1) is 0 Å². The molecule has 3 rings (SSSR count). The van der Waals surface area contributed by atoms with Gasteiger partial charge in [0.05, 0.1) is 0 Å². The Labute approximate surface area is 124 Å². The minimum atomic E-state index is -0.193. The summed E-state index contributed by atoms with van der Waals surface area (Å²) < 4.78 is 12.9. The van der Waals surface area contributed by atoms with E-state index < -0.39 is 0 Å². The maximum absolute atomic E-state index is 12.9. The largest absolute Gasteiger partial charge is 0.508 e. The zero-order valence-electron chi connectivity index (χ0n) is 11.9. The van der Waals surface area contributed by atoms with E-state index in [1.807, 2.05) is 30.3 Å². The van der Waals surface area contributed by atoms with Gasteiger partial charge in [-0.25, -0.2) is 4.39 Å². The van der Waals surface area contributed by atoms with E-state index in [4.69, 9.17) is 0 Å². The van der Waals surface area contributed by atoms with Gasteiger partial charge in [-0.05, 0) is 42.0 Å². The van der Waals surface area contributed by atoms with Crippen LogP contribution in [0.25, 0.3) is 0 Å². The number of piperazine rings is 1. The quantitative estimate of drug-likeness (QED) is 0.940. The lowest BCUT2D eigenvalue weighted by atomic mass is 10.2. The molecule has 1 saturated heterocycles. The van der Waals surface area contributed by atoms with E-state index in [9.17, 15) is 9.50 Å². The lowest BCUT2D eigenvalue weighted by Crippen LogP contribution is -2.45. The van der Waals surface area contributed by atoms with Crippen molar-refractivity contribution in [2.45, 2.75) is 6.54 Å².